The Balaban J connectivity index is 1.59. The molecule has 0 saturated heterocycles. The minimum atomic E-state index is -0.429. The SMILES string of the molecule is CC(=O)NC1=NN(C(C)=O)C(c2ccc(OCc3ccccc3)c(OCc3ccccc3)c2)S1. The molecule has 1 N–H and O–H groups in total. The fourth-order valence-corrected chi connectivity index (χ4v) is 4.49. The highest BCUT2D eigenvalue weighted by Gasteiger charge is 2.33. The molecule has 1 unspecified atom stereocenters. The Labute approximate surface area is 202 Å². The van der Waals surface area contributed by atoms with Crippen LogP contribution in [0.2, 0.25) is 0 Å². The van der Waals surface area contributed by atoms with Gasteiger partial charge in [0, 0.05) is 13.8 Å². The molecule has 3 aromatic carbocycles. The maximum atomic E-state index is 12.2. The van der Waals surface area contributed by atoms with Crippen molar-refractivity contribution in [3.05, 3.63) is 95.6 Å². The summed E-state index contributed by atoms with van der Waals surface area (Å²) in [6.45, 7) is 3.62. The summed E-state index contributed by atoms with van der Waals surface area (Å²) in [5.74, 6) is 0.694. The largest absolute Gasteiger partial charge is 0.485 e. The van der Waals surface area contributed by atoms with Gasteiger partial charge in [0.1, 0.15) is 18.6 Å². The summed E-state index contributed by atoms with van der Waals surface area (Å²) in [6.07, 6.45) is 0. The van der Waals surface area contributed by atoms with Gasteiger partial charge in [-0.25, -0.2) is 5.01 Å². The van der Waals surface area contributed by atoms with Crippen LogP contribution in [0.15, 0.2) is 84.0 Å². The van der Waals surface area contributed by atoms with E-state index in [-0.39, 0.29) is 11.8 Å². The number of nitrogens with zero attached hydrogens (tertiary/aromatic N) is 2. The highest BCUT2D eigenvalue weighted by atomic mass is 32.2. The molecular formula is C26H25N3O4S. The molecule has 174 valence electrons. The van der Waals surface area contributed by atoms with Crippen molar-refractivity contribution in [1.82, 2.24) is 10.3 Å². The van der Waals surface area contributed by atoms with E-state index in [1.807, 2.05) is 78.9 Å². The number of hydrogen-bond acceptors (Lipinski definition) is 6. The number of nitrogens with one attached hydrogen (secondary N) is 1. The summed E-state index contributed by atoms with van der Waals surface area (Å²) in [6, 6.07) is 25.3. The molecule has 0 bridgehead atoms. The minimum absolute atomic E-state index is 0.228. The maximum Gasteiger partial charge on any atom is 0.241 e. The van der Waals surface area contributed by atoms with Gasteiger partial charge in [0.05, 0.1) is 0 Å². The average Bonchev–Trinajstić information content (AvgIpc) is 3.26. The van der Waals surface area contributed by atoms with Crippen molar-refractivity contribution in [1.29, 1.82) is 0 Å². The number of amidine groups is 1. The molecule has 0 aromatic heterocycles. The summed E-state index contributed by atoms with van der Waals surface area (Å²) in [7, 11) is 0. The van der Waals surface area contributed by atoms with E-state index in [1.165, 1.54) is 30.6 Å². The summed E-state index contributed by atoms with van der Waals surface area (Å²) < 4.78 is 12.2. The Hall–Kier alpha value is -3.78. The predicted octanol–water partition coefficient (Wildman–Crippen LogP) is 4.85. The molecule has 0 spiro atoms. The maximum absolute atomic E-state index is 12.2. The zero-order valence-electron chi connectivity index (χ0n) is 18.9. The first kappa shape index (κ1) is 23.4. The molecular weight excluding hydrogens is 450 g/mol. The van der Waals surface area contributed by atoms with Gasteiger partial charge in [0.15, 0.2) is 16.7 Å². The van der Waals surface area contributed by atoms with Crippen LogP contribution in [0.5, 0.6) is 11.5 Å². The predicted molar refractivity (Wildman–Crippen MR) is 132 cm³/mol. The van der Waals surface area contributed by atoms with Gasteiger partial charge in [0.25, 0.3) is 0 Å². The van der Waals surface area contributed by atoms with Crippen LogP contribution in [0, 0.1) is 0 Å². The van der Waals surface area contributed by atoms with Gasteiger partial charge in [-0.1, -0.05) is 78.5 Å². The topological polar surface area (TPSA) is 80.2 Å². The van der Waals surface area contributed by atoms with E-state index in [0.29, 0.717) is 29.9 Å². The summed E-state index contributed by atoms with van der Waals surface area (Å²) in [5, 5.41) is 8.24. The van der Waals surface area contributed by atoms with Gasteiger partial charge >= 0.3 is 0 Å². The fraction of sp³-hybridized carbons (Fsp3) is 0.192. The first-order valence-corrected chi connectivity index (χ1v) is 11.7. The molecule has 1 heterocycles. The lowest BCUT2D eigenvalue weighted by Crippen LogP contribution is -2.25. The standard InChI is InChI=1S/C26H25N3O4S/c1-18(30)27-26-28-29(19(2)31)25(34-26)22-13-14-23(32-16-20-9-5-3-6-10-20)24(15-22)33-17-21-11-7-4-8-12-21/h3-15,25H,16-17H2,1-2H3,(H,27,28,30). The first-order chi connectivity index (χ1) is 16.5. The molecule has 3 aromatic rings. The van der Waals surface area contributed by atoms with Gasteiger partial charge in [-0.15, -0.1) is 5.10 Å². The Bertz CT molecular complexity index is 1190. The van der Waals surface area contributed by atoms with Gasteiger partial charge in [-0.05, 0) is 28.8 Å². The molecule has 7 nitrogen and oxygen atoms in total. The van der Waals surface area contributed by atoms with Crippen LogP contribution in [0.25, 0.3) is 0 Å². The molecule has 2 amide bonds. The van der Waals surface area contributed by atoms with Crippen LogP contribution in [-0.2, 0) is 22.8 Å². The number of thioether (sulfide) groups is 1. The van der Waals surface area contributed by atoms with E-state index in [2.05, 4.69) is 10.4 Å². The number of carbonyl (C=O) groups is 2. The fourth-order valence-electron chi connectivity index (χ4n) is 3.36. The zero-order chi connectivity index (χ0) is 23.9. The van der Waals surface area contributed by atoms with Crippen molar-refractivity contribution in [3.63, 3.8) is 0 Å². The van der Waals surface area contributed by atoms with E-state index in [9.17, 15) is 9.59 Å². The number of ether oxygens (including phenoxy) is 2. The number of hydrogen-bond donors (Lipinski definition) is 1. The highest BCUT2D eigenvalue weighted by molar-refractivity contribution is 8.14. The lowest BCUT2D eigenvalue weighted by molar-refractivity contribution is -0.129. The molecule has 1 aliphatic rings. The lowest BCUT2D eigenvalue weighted by Gasteiger charge is -2.21. The van der Waals surface area contributed by atoms with Crippen molar-refractivity contribution >= 4 is 28.7 Å². The minimum Gasteiger partial charge on any atom is -0.485 e. The quantitative estimate of drug-likeness (QED) is 0.529. The molecule has 0 aliphatic carbocycles. The van der Waals surface area contributed by atoms with E-state index < -0.39 is 5.37 Å². The van der Waals surface area contributed by atoms with Crippen LogP contribution >= 0.6 is 11.8 Å². The second-order valence-corrected chi connectivity index (χ2v) is 8.74. The highest BCUT2D eigenvalue weighted by Crippen LogP contribution is 2.42. The van der Waals surface area contributed by atoms with Crippen LogP contribution in [-0.4, -0.2) is 22.0 Å². The van der Waals surface area contributed by atoms with Crippen LogP contribution in [0.1, 0.15) is 35.9 Å². The number of amides is 2. The molecule has 0 saturated carbocycles. The summed E-state index contributed by atoms with van der Waals surface area (Å²) in [4.78, 5) is 23.7. The van der Waals surface area contributed by atoms with Crippen molar-refractivity contribution in [2.75, 3.05) is 0 Å². The van der Waals surface area contributed by atoms with Gasteiger partial charge in [-0.3, -0.25) is 9.59 Å². The van der Waals surface area contributed by atoms with E-state index >= 15 is 0 Å². The average molecular weight is 476 g/mol. The first-order valence-electron chi connectivity index (χ1n) is 10.8. The Morgan fingerprint density at radius 3 is 2.03 bits per heavy atom. The van der Waals surface area contributed by atoms with Gasteiger partial charge in [0.2, 0.25) is 11.8 Å². The third kappa shape index (κ3) is 5.96. The second kappa shape index (κ2) is 10.9. The summed E-state index contributed by atoms with van der Waals surface area (Å²) in [5.41, 5.74) is 2.88. The Kier molecular flexibility index (Phi) is 7.49. The van der Waals surface area contributed by atoms with E-state index in [1.54, 1.807) is 0 Å². The Morgan fingerprint density at radius 2 is 1.47 bits per heavy atom. The smallest absolute Gasteiger partial charge is 0.241 e. The number of rotatable bonds is 7. The zero-order valence-corrected chi connectivity index (χ0v) is 19.7. The van der Waals surface area contributed by atoms with E-state index in [4.69, 9.17) is 9.47 Å². The number of hydrazone groups is 1. The molecule has 34 heavy (non-hydrogen) atoms. The Morgan fingerprint density at radius 1 is 0.882 bits per heavy atom. The van der Waals surface area contributed by atoms with Crippen LogP contribution in [0.3, 0.4) is 0 Å². The molecule has 1 atom stereocenters. The van der Waals surface area contributed by atoms with Gasteiger partial charge < -0.3 is 14.8 Å². The van der Waals surface area contributed by atoms with E-state index in [0.717, 1.165) is 16.7 Å². The third-order valence-electron chi connectivity index (χ3n) is 4.98. The monoisotopic (exact) mass is 475 g/mol. The number of carbonyl (C=O) groups excluding carboxylic acids is 2. The van der Waals surface area contributed by atoms with Crippen molar-refractivity contribution in [2.45, 2.75) is 32.4 Å². The molecule has 8 heteroatoms. The third-order valence-corrected chi connectivity index (χ3v) is 6.08. The van der Waals surface area contributed by atoms with Crippen LogP contribution < -0.4 is 14.8 Å². The second-order valence-electron chi connectivity index (χ2n) is 7.67. The molecule has 4 rings (SSSR count). The number of benzene rings is 3. The molecule has 1 aliphatic heterocycles. The normalized spacial score (nSPS) is 14.9. The van der Waals surface area contributed by atoms with Crippen molar-refractivity contribution in [2.24, 2.45) is 5.10 Å². The molecule has 0 radical (unpaired) electrons. The van der Waals surface area contributed by atoms with Crippen molar-refractivity contribution in [3.8, 4) is 11.5 Å². The summed E-state index contributed by atoms with van der Waals surface area (Å²) >= 11 is 1.29. The molecule has 0 fully saturated rings. The van der Waals surface area contributed by atoms with Crippen molar-refractivity contribution < 1.29 is 19.1 Å². The van der Waals surface area contributed by atoms with Gasteiger partial charge in [-0.2, -0.15) is 0 Å². The van der Waals surface area contributed by atoms with Crippen LogP contribution in [0.4, 0.5) is 0 Å². The lowest BCUT2D eigenvalue weighted by atomic mass is 10.2.